The molecular weight excluding hydrogens is 192 g/mol. The maximum atomic E-state index is 11.4. The summed E-state index contributed by atoms with van der Waals surface area (Å²) in [5.41, 5.74) is 1.60. The molecule has 0 aliphatic carbocycles. The molecule has 0 spiro atoms. The molecule has 0 aliphatic rings. The number of amides is 1. The Balaban J connectivity index is 4.22. The van der Waals surface area contributed by atoms with E-state index in [1.54, 1.807) is 0 Å². The van der Waals surface area contributed by atoms with E-state index in [0.29, 0.717) is 13.1 Å². The molecule has 1 unspecified atom stereocenters. The summed E-state index contributed by atoms with van der Waals surface area (Å²) in [4.78, 5) is 13.4. The van der Waals surface area contributed by atoms with E-state index >= 15 is 0 Å². The van der Waals surface area contributed by atoms with Crippen LogP contribution in [0.1, 0.15) is 20.8 Å². The SMILES string of the molecule is CC(C#N)CN(C)CC(C)(C)C(=O)NN. The zero-order chi connectivity index (χ0) is 12.1. The highest BCUT2D eigenvalue weighted by molar-refractivity contribution is 5.81. The van der Waals surface area contributed by atoms with Gasteiger partial charge in [0.15, 0.2) is 0 Å². The largest absolute Gasteiger partial charge is 0.304 e. The molecule has 0 saturated heterocycles. The predicted octanol–water partition coefficient (Wildman–Crippen LogP) is 0.0940. The molecule has 0 aromatic carbocycles. The molecule has 0 bridgehead atoms. The lowest BCUT2D eigenvalue weighted by Crippen LogP contribution is -2.47. The van der Waals surface area contributed by atoms with Crippen molar-refractivity contribution in [1.82, 2.24) is 10.3 Å². The van der Waals surface area contributed by atoms with Crippen molar-refractivity contribution in [3.05, 3.63) is 0 Å². The highest BCUT2D eigenvalue weighted by Gasteiger charge is 2.28. The van der Waals surface area contributed by atoms with Crippen LogP contribution < -0.4 is 11.3 Å². The lowest BCUT2D eigenvalue weighted by molar-refractivity contribution is -0.130. The fourth-order valence-electron chi connectivity index (χ4n) is 1.51. The number of carbonyl (C=O) groups is 1. The van der Waals surface area contributed by atoms with Crippen molar-refractivity contribution in [3.63, 3.8) is 0 Å². The van der Waals surface area contributed by atoms with Crippen molar-refractivity contribution < 1.29 is 4.79 Å². The van der Waals surface area contributed by atoms with Crippen molar-refractivity contribution in [2.75, 3.05) is 20.1 Å². The number of hydrazine groups is 1. The average molecular weight is 212 g/mol. The monoisotopic (exact) mass is 212 g/mol. The molecule has 86 valence electrons. The molecular formula is C10H20N4O. The second-order valence-corrected chi connectivity index (χ2v) is 4.58. The van der Waals surface area contributed by atoms with Crippen LogP contribution in [0.15, 0.2) is 0 Å². The van der Waals surface area contributed by atoms with Crippen LogP contribution in [-0.4, -0.2) is 30.9 Å². The minimum absolute atomic E-state index is 0.0354. The molecule has 3 N–H and O–H groups in total. The van der Waals surface area contributed by atoms with Crippen molar-refractivity contribution in [2.24, 2.45) is 17.2 Å². The Labute approximate surface area is 91.2 Å². The van der Waals surface area contributed by atoms with E-state index in [9.17, 15) is 4.79 Å². The topological polar surface area (TPSA) is 82.2 Å². The van der Waals surface area contributed by atoms with Crippen LogP contribution in [0.4, 0.5) is 0 Å². The van der Waals surface area contributed by atoms with E-state index in [2.05, 4.69) is 11.5 Å². The van der Waals surface area contributed by atoms with E-state index in [4.69, 9.17) is 11.1 Å². The average Bonchev–Trinajstić information content (AvgIpc) is 2.15. The first-order valence-electron chi connectivity index (χ1n) is 4.92. The van der Waals surface area contributed by atoms with Crippen LogP contribution in [0, 0.1) is 22.7 Å². The van der Waals surface area contributed by atoms with Gasteiger partial charge in [0.2, 0.25) is 5.91 Å². The minimum Gasteiger partial charge on any atom is -0.304 e. The van der Waals surface area contributed by atoms with Crippen LogP contribution in [0.25, 0.3) is 0 Å². The van der Waals surface area contributed by atoms with E-state index in [1.807, 2.05) is 32.7 Å². The number of nitrogens with one attached hydrogen (secondary N) is 1. The summed E-state index contributed by atoms with van der Waals surface area (Å²) < 4.78 is 0. The maximum absolute atomic E-state index is 11.4. The Kier molecular flexibility index (Phi) is 5.26. The van der Waals surface area contributed by atoms with Crippen LogP contribution in [0.3, 0.4) is 0 Å². The summed E-state index contributed by atoms with van der Waals surface area (Å²) >= 11 is 0. The molecule has 0 radical (unpaired) electrons. The van der Waals surface area contributed by atoms with Gasteiger partial charge in [0, 0.05) is 13.1 Å². The molecule has 5 heteroatoms. The van der Waals surface area contributed by atoms with Crippen molar-refractivity contribution in [3.8, 4) is 6.07 Å². The zero-order valence-electron chi connectivity index (χ0n) is 9.87. The summed E-state index contributed by atoms with van der Waals surface area (Å²) in [6.07, 6.45) is 0. The first-order valence-corrected chi connectivity index (χ1v) is 4.92. The molecule has 0 rings (SSSR count). The van der Waals surface area contributed by atoms with Crippen LogP contribution in [0.5, 0.6) is 0 Å². The first kappa shape index (κ1) is 13.9. The molecule has 0 aliphatic heterocycles. The number of rotatable bonds is 5. The van der Waals surface area contributed by atoms with E-state index in [-0.39, 0.29) is 11.8 Å². The number of nitriles is 1. The van der Waals surface area contributed by atoms with Gasteiger partial charge < -0.3 is 4.90 Å². The third kappa shape index (κ3) is 4.77. The van der Waals surface area contributed by atoms with Gasteiger partial charge in [-0.15, -0.1) is 0 Å². The first-order chi connectivity index (χ1) is 6.83. The molecule has 0 aromatic heterocycles. The lowest BCUT2D eigenvalue weighted by Gasteiger charge is -2.28. The molecule has 0 heterocycles. The summed E-state index contributed by atoms with van der Waals surface area (Å²) in [7, 11) is 1.89. The van der Waals surface area contributed by atoms with Gasteiger partial charge in [-0.05, 0) is 27.8 Å². The van der Waals surface area contributed by atoms with Gasteiger partial charge in [0.25, 0.3) is 0 Å². The molecule has 1 atom stereocenters. The van der Waals surface area contributed by atoms with Gasteiger partial charge in [-0.2, -0.15) is 5.26 Å². The lowest BCUT2D eigenvalue weighted by atomic mass is 9.91. The third-order valence-electron chi connectivity index (χ3n) is 2.22. The molecule has 0 aromatic rings. The Morgan fingerprint density at radius 2 is 2.20 bits per heavy atom. The predicted molar refractivity (Wildman–Crippen MR) is 58.4 cm³/mol. The minimum atomic E-state index is -0.543. The zero-order valence-corrected chi connectivity index (χ0v) is 9.87. The normalized spacial score (nSPS) is 13.4. The molecule has 0 fully saturated rings. The Morgan fingerprint density at radius 3 is 2.60 bits per heavy atom. The number of nitrogens with zero attached hydrogens (tertiary/aromatic N) is 2. The maximum Gasteiger partial charge on any atom is 0.240 e. The smallest absolute Gasteiger partial charge is 0.240 e. The van der Waals surface area contributed by atoms with Crippen molar-refractivity contribution >= 4 is 5.91 Å². The molecule has 0 saturated carbocycles. The van der Waals surface area contributed by atoms with Gasteiger partial charge in [-0.25, -0.2) is 5.84 Å². The van der Waals surface area contributed by atoms with E-state index in [0.717, 1.165) is 0 Å². The Morgan fingerprint density at radius 1 is 1.67 bits per heavy atom. The summed E-state index contributed by atoms with van der Waals surface area (Å²) in [6, 6.07) is 2.16. The summed E-state index contributed by atoms with van der Waals surface area (Å²) in [5.74, 6) is 4.86. The summed E-state index contributed by atoms with van der Waals surface area (Å²) in [5, 5.41) is 8.66. The van der Waals surface area contributed by atoms with Crippen molar-refractivity contribution in [2.45, 2.75) is 20.8 Å². The Bertz CT molecular complexity index is 257. The number of hydrogen-bond acceptors (Lipinski definition) is 4. The molecule has 5 nitrogen and oxygen atoms in total. The molecule has 1 amide bonds. The van der Waals surface area contributed by atoms with Crippen LogP contribution in [-0.2, 0) is 4.79 Å². The van der Waals surface area contributed by atoms with Gasteiger partial charge in [0.05, 0.1) is 17.4 Å². The van der Waals surface area contributed by atoms with E-state index in [1.165, 1.54) is 0 Å². The van der Waals surface area contributed by atoms with Gasteiger partial charge in [-0.3, -0.25) is 10.2 Å². The van der Waals surface area contributed by atoms with Crippen molar-refractivity contribution in [1.29, 1.82) is 5.26 Å². The highest BCUT2D eigenvalue weighted by atomic mass is 16.2. The second kappa shape index (κ2) is 5.69. The number of nitrogens with two attached hydrogens (primary N) is 1. The van der Waals surface area contributed by atoms with E-state index < -0.39 is 5.41 Å². The highest BCUT2D eigenvalue weighted by Crippen LogP contribution is 2.16. The van der Waals surface area contributed by atoms with Gasteiger partial charge in [-0.1, -0.05) is 0 Å². The third-order valence-corrected chi connectivity index (χ3v) is 2.22. The number of carbonyl (C=O) groups excluding carboxylic acids is 1. The fourth-order valence-corrected chi connectivity index (χ4v) is 1.51. The standard InChI is InChI=1S/C10H20N4O/c1-8(5-11)6-14(4)7-10(2,3)9(15)13-12/h8H,6-7,12H2,1-4H3,(H,13,15). The fraction of sp³-hybridized carbons (Fsp3) is 0.800. The second-order valence-electron chi connectivity index (χ2n) is 4.58. The van der Waals surface area contributed by atoms with Crippen LogP contribution >= 0.6 is 0 Å². The van der Waals surface area contributed by atoms with Gasteiger partial charge >= 0.3 is 0 Å². The van der Waals surface area contributed by atoms with Gasteiger partial charge in [0.1, 0.15) is 0 Å². The number of hydrogen-bond donors (Lipinski definition) is 2. The molecule has 15 heavy (non-hydrogen) atoms. The van der Waals surface area contributed by atoms with Crippen LogP contribution in [0.2, 0.25) is 0 Å². The summed E-state index contributed by atoms with van der Waals surface area (Å²) in [6.45, 7) is 6.72. The quantitative estimate of drug-likeness (QED) is 0.384. The Hall–Kier alpha value is -1.12.